The number of pyridine rings is 1. The predicted octanol–water partition coefficient (Wildman–Crippen LogP) is 6.95. The molecule has 1 atom stereocenters. The lowest BCUT2D eigenvalue weighted by Crippen LogP contribution is -2.27. The lowest BCUT2D eigenvalue weighted by atomic mass is 9.72. The van der Waals surface area contributed by atoms with Crippen LogP contribution in [0.1, 0.15) is 58.3 Å². The van der Waals surface area contributed by atoms with Crippen LogP contribution in [0.25, 0.3) is 10.8 Å². The van der Waals surface area contributed by atoms with Crippen LogP contribution < -0.4 is 10.6 Å². The van der Waals surface area contributed by atoms with Gasteiger partial charge in [-0.1, -0.05) is 57.2 Å². The summed E-state index contributed by atoms with van der Waals surface area (Å²) in [7, 11) is 0. The molecule has 2 amide bonds. The summed E-state index contributed by atoms with van der Waals surface area (Å²) < 4.78 is 0. The molecule has 35 heavy (non-hydrogen) atoms. The minimum absolute atomic E-state index is 0.186. The predicted molar refractivity (Wildman–Crippen MR) is 143 cm³/mol. The zero-order chi connectivity index (χ0) is 24.6. The molecule has 5 nitrogen and oxygen atoms in total. The number of nitrogens with zero attached hydrogens (tertiary/aromatic N) is 1. The fourth-order valence-electron chi connectivity index (χ4n) is 4.84. The van der Waals surface area contributed by atoms with Crippen LogP contribution in [0.2, 0.25) is 0 Å². The number of thiophene rings is 1. The van der Waals surface area contributed by atoms with E-state index < -0.39 is 0 Å². The minimum atomic E-state index is -0.261. The molecular weight excluding hydrogens is 454 g/mol. The number of rotatable bonds is 4. The van der Waals surface area contributed by atoms with Crippen LogP contribution in [-0.4, -0.2) is 16.8 Å². The molecule has 0 unspecified atom stereocenters. The van der Waals surface area contributed by atoms with Gasteiger partial charge in [0.25, 0.3) is 11.8 Å². The van der Waals surface area contributed by atoms with Gasteiger partial charge in [-0.2, -0.15) is 0 Å². The summed E-state index contributed by atoms with van der Waals surface area (Å²) in [6.07, 6.45) is 5.94. The van der Waals surface area contributed by atoms with Gasteiger partial charge in [-0.05, 0) is 59.7 Å². The number of fused-ring (bicyclic) bond motifs is 2. The van der Waals surface area contributed by atoms with Crippen LogP contribution in [0.15, 0.2) is 67.0 Å². The summed E-state index contributed by atoms with van der Waals surface area (Å²) in [5.41, 5.74) is 3.07. The fourth-order valence-corrected chi connectivity index (χ4v) is 6.16. The Hall–Kier alpha value is -3.51. The molecule has 0 saturated heterocycles. The second-order valence-electron chi connectivity index (χ2n) is 10.2. The second kappa shape index (κ2) is 9.27. The number of anilines is 2. The van der Waals surface area contributed by atoms with Gasteiger partial charge in [-0.15, -0.1) is 11.3 Å². The zero-order valence-corrected chi connectivity index (χ0v) is 21.0. The first-order chi connectivity index (χ1) is 16.8. The summed E-state index contributed by atoms with van der Waals surface area (Å²) in [6, 6.07) is 17.3. The molecule has 178 valence electrons. The molecule has 0 saturated carbocycles. The lowest BCUT2D eigenvalue weighted by molar-refractivity contribution is 0.102. The van der Waals surface area contributed by atoms with E-state index in [1.807, 2.05) is 42.5 Å². The van der Waals surface area contributed by atoms with E-state index in [0.29, 0.717) is 22.0 Å². The molecule has 1 aliphatic carbocycles. The third-order valence-corrected chi connectivity index (χ3v) is 8.08. The SMILES string of the molecule is CC(C)(C)[C@@H]1CCc2c(sc(NC(=O)c3cccnc3)c2C(=O)Nc2cccc3ccccc23)C1. The smallest absolute Gasteiger partial charge is 0.258 e. The van der Waals surface area contributed by atoms with Crippen LogP contribution in [0.5, 0.6) is 0 Å². The first-order valence-corrected chi connectivity index (χ1v) is 12.8. The van der Waals surface area contributed by atoms with Crippen LogP contribution in [0.4, 0.5) is 10.7 Å². The van der Waals surface area contributed by atoms with Crippen molar-refractivity contribution >= 4 is 44.6 Å². The molecule has 5 rings (SSSR count). The van der Waals surface area contributed by atoms with Gasteiger partial charge in [0.2, 0.25) is 0 Å². The molecule has 2 heterocycles. The molecule has 2 aromatic carbocycles. The number of hydrogen-bond donors (Lipinski definition) is 2. The molecule has 0 aliphatic heterocycles. The Morgan fingerprint density at radius 1 is 0.971 bits per heavy atom. The van der Waals surface area contributed by atoms with Crippen molar-refractivity contribution in [2.45, 2.75) is 40.0 Å². The van der Waals surface area contributed by atoms with E-state index in [4.69, 9.17) is 0 Å². The highest BCUT2D eigenvalue weighted by atomic mass is 32.1. The van der Waals surface area contributed by atoms with Crippen molar-refractivity contribution in [1.82, 2.24) is 4.98 Å². The van der Waals surface area contributed by atoms with Crippen LogP contribution in [0.3, 0.4) is 0 Å². The topological polar surface area (TPSA) is 71.1 Å². The van der Waals surface area contributed by atoms with E-state index in [1.54, 1.807) is 18.3 Å². The maximum atomic E-state index is 13.7. The number of carbonyl (C=O) groups excluding carboxylic acids is 2. The van der Waals surface area contributed by atoms with E-state index in [2.05, 4.69) is 36.4 Å². The highest BCUT2D eigenvalue weighted by Crippen LogP contribution is 2.44. The standard InChI is InChI=1S/C29H29N3O2S/c1-29(2,3)20-13-14-22-24(16-20)35-28(32-26(33)19-10-7-15-30-17-19)25(22)27(34)31-23-12-6-9-18-8-4-5-11-21(18)23/h4-12,15,17,20H,13-14,16H2,1-3H3,(H,31,34)(H,32,33)/t20-/m1/s1. The highest BCUT2D eigenvalue weighted by Gasteiger charge is 2.34. The average molecular weight is 484 g/mol. The first kappa shape index (κ1) is 23.2. The van der Waals surface area contributed by atoms with Crippen LogP contribution in [0, 0.1) is 11.3 Å². The highest BCUT2D eigenvalue weighted by molar-refractivity contribution is 7.17. The third-order valence-electron chi connectivity index (χ3n) is 6.91. The quantitative estimate of drug-likeness (QED) is 0.330. The largest absolute Gasteiger partial charge is 0.321 e. The molecule has 0 spiro atoms. The third kappa shape index (κ3) is 4.71. The molecule has 0 radical (unpaired) electrons. The molecule has 4 aromatic rings. The van der Waals surface area contributed by atoms with Crippen molar-refractivity contribution in [3.63, 3.8) is 0 Å². The Labute approximate surface area is 209 Å². The lowest BCUT2D eigenvalue weighted by Gasteiger charge is -2.33. The van der Waals surface area contributed by atoms with Gasteiger partial charge in [-0.3, -0.25) is 14.6 Å². The van der Waals surface area contributed by atoms with Gasteiger partial charge in [0, 0.05) is 28.3 Å². The van der Waals surface area contributed by atoms with Crippen LogP contribution >= 0.6 is 11.3 Å². The fraction of sp³-hybridized carbons (Fsp3) is 0.276. The van der Waals surface area contributed by atoms with Gasteiger partial charge >= 0.3 is 0 Å². The molecule has 0 fully saturated rings. The number of aromatic nitrogens is 1. The number of hydrogen-bond acceptors (Lipinski definition) is 4. The number of nitrogens with one attached hydrogen (secondary N) is 2. The second-order valence-corrected chi connectivity index (χ2v) is 11.3. The van der Waals surface area contributed by atoms with Crippen LogP contribution in [-0.2, 0) is 12.8 Å². The van der Waals surface area contributed by atoms with Gasteiger partial charge in [-0.25, -0.2) is 0 Å². The van der Waals surface area contributed by atoms with Gasteiger partial charge in [0.15, 0.2) is 0 Å². The van der Waals surface area contributed by atoms with E-state index in [9.17, 15) is 9.59 Å². The zero-order valence-electron chi connectivity index (χ0n) is 20.2. The van der Waals surface area contributed by atoms with Crippen molar-refractivity contribution in [3.05, 3.63) is 88.6 Å². The summed E-state index contributed by atoms with van der Waals surface area (Å²) in [5.74, 6) is 0.0855. The maximum absolute atomic E-state index is 13.7. The molecule has 2 N–H and O–H groups in total. The Bertz CT molecular complexity index is 1400. The summed E-state index contributed by atoms with van der Waals surface area (Å²) >= 11 is 1.53. The number of carbonyl (C=O) groups is 2. The van der Waals surface area contributed by atoms with Gasteiger partial charge in [0.1, 0.15) is 5.00 Å². The molecule has 1 aliphatic rings. The van der Waals surface area contributed by atoms with Gasteiger partial charge < -0.3 is 10.6 Å². The number of benzene rings is 2. The Morgan fingerprint density at radius 3 is 2.54 bits per heavy atom. The monoisotopic (exact) mass is 483 g/mol. The van der Waals surface area contributed by atoms with Gasteiger partial charge in [0.05, 0.1) is 11.1 Å². The van der Waals surface area contributed by atoms with E-state index >= 15 is 0 Å². The molecule has 0 bridgehead atoms. The Balaban J connectivity index is 1.52. The Kier molecular flexibility index (Phi) is 6.15. The molecular formula is C29H29N3O2S. The van der Waals surface area contributed by atoms with Crippen molar-refractivity contribution in [3.8, 4) is 0 Å². The Morgan fingerprint density at radius 2 is 1.77 bits per heavy atom. The van der Waals surface area contributed by atoms with Crippen molar-refractivity contribution in [2.75, 3.05) is 10.6 Å². The van der Waals surface area contributed by atoms with Crippen molar-refractivity contribution in [2.24, 2.45) is 11.3 Å². The summed E-state index contributed by atoms with van der Waals surface area (Å²) in [5, 5.41) is 8.82. The van der Waals surface area contributed by atoms with E-state index in [1.165, 1.54) is 22.4 Å². The average Bonchev–Trinajstić information content (AvgIpc) is 3.21. The summed E-state index contributed by atoms with van der Waals surface area (Å²) in [4.78, 5) is 32.0. The molecule has 6 heteroatoms. The first-order valence-electron chi connectivity index (χ1n) is 12.0. The normalized spacial score (nSPS) is 15.5. The number of amides is 2. The van der Waals surface area contributed by atoms with E-state index in [0.717, 1.165) is 41.3 Å². The maximum Gasteiger partial charge on any atom is 0.258 e. The van der Waals surface area contributed by atoms with E-state index in [-0.39, 0.29) is 17.2 Å². The van der Waals surface area contributed by atoms with Crippen molar-refractivity contribution < 1.29 is 9.59 Å². The minimum Gasteiger partial charge on any atom is -0.321 e. The summed E-state index contributed by atoms with van der Waals surface area (Å²) in [6.45, 7) is 6.82. The molecule has 2 aromatic heterocycles. The van der Waals surface area contributed by atoms with Crippen molar-refractivity contribution in [1.29, 1.82) is 0 Å².